The summed E-state index contributed by atoms with van der Waals surface area (Å²) in [6.07, 6.45) is 3.27. The molecule has 2 aromatic carbocycles. The maximum absolute atomic E-state index is 13.5. The van der Waals surface area contributed by atoms with Crippen molar-refractivity contribution in [2.24, 2.45) is 0 Å². The van der Waals surface area contributed by atoms with Gasteiger partial charge in [-0.1, -0.05) is 30.3 Å². The van der Waals surface area contributed by atoms with E-state index in [4.69, 9.17) is 14.5 Å². The van der Waals surface area contributed by atoms with Crippen molar-refractivity contribution in [2.45, 2.75) is 26.4 Å². The fraction of sp³-hybridized carbons (Fsp3) is 0.222. The van der Waals surface area contributed by atoms with E-state index >= 15 is 0 Å². The molecule has 0 bridgehead atoms. The highest BCUT2D eigenvalue weighted by molar-refractivity contribution is 6.12. The molecule has 1 amide bonds. The van der Waals surface area contributed by atoms with Gasteiger partial charge in [-0.05, 0) is 43.7 Å². The zero-order chi connectivity index (χ0) is 25.4. The number of fused-ring (bicyclic) bond motifs is 2. The fourth-order valence-corrected chi connectivity index (χ4v) is 4.30. The minimum Gasteiger partial charge on any atom is -0.486 e. The number of pyridine rings is 1. The summed E-state index contributed by atoms with van der Waals surface area (Å²) in [5.74, 6) is 1.23. The largest absolute Gasteiger partial charge is 0.486 e. The van der Waals surface area contributed by atoms with E-state index in [1.54, 1.807) is 28.0 Å². The monoisotopic (exact) mass is 495 g/mol. The Hall–Kier alpha value is -4.73. The van der Waals surface area contributed by atoms with E-state index in [0.29, 0.717) is 53.5 Å². The van der Waals surface area contributed by atoms with E-state index in [1.807, 2.05) is 62.4 Å². The van der Waals surface area contributed by atoms with Crippen LogP contribution in [0, 0.1) is 0 Å². The third kappa shape index (κ3) is 4.49. The van der Waals surface area contributed by atoms with Crippen LogP contribution >= 0.6 is 0 Å². The normalized spacial score (nSPS) is 12.7. The number of carbonyl (C=O) groups excluding carboxylic acids is 1. The van der Waals surface area contributed by atoms with Crippen molar-refractivity contribution in [3.8, 4) is 22.8 Å². The Labute approximate surface area is 212 Å². The first kappa shape index (κ1) is 22.7. The molecule has 37 heavy (non-hydrogen) atoms. The van der Waals surface area contributed by atoms with Gasteiger partial charge in [-0.15, -0.1) is 5.10 Å². The molecule has 10 nitrogen and oxygen atoms in total. The molecule has 0 atom stereocenters. The molecule has 0 unspecified atom stereocenters. The van der Waals surface area contributed by atoms with Crippen LogP contribution in [-0.2, 0) is 6.54 Å². The summed E-state index contributed by atoms with van der Waals surface area (Å²) in [5, 5.41) is 12.4. The first-order chi connectivity index (χ1) is 18.0. The van der Waals surface area contributed by atoms with Gasteiger partial charge < -0.3 is 9.47 Å². The van der Waals surface area contributed by atoms with Gasteiger partial charge in [0.05, 0.1) is 29.4 Å². The number of carbonyl (C=O) groups is 1. The van der Waals surface area contributed by atoms with Crippen LogP contribution in [0.15, 0.2) is 67.1 Å². The van der Waals surface area contributed by atoms with Gasteiger partial charge in [0, 0.05) is 11.6 Å². The second kappa shape index (κ2) is 9.38. The van der Waals surface area contributed by atoms with E-state index in [-0.39, 0.29) is 17.9 Å². The van der Waals surface area contributed by atoms with Gasteiger partial charge in [-0.25, -0.2) is 19.3 Å². The summed E-state index contributed by atoms with van der Waals surface area (Å²) >= 11 is 0. The van der Waals surface area contributed by atoms with Crippen molar-refractivity contribution in [1.29, 1.82) is 0 Å². The first-order valence-corrected chi connectivity index (χ1v) is 12.1. The van der Waals surface area contributed by atoms with Crippen molar-refractivity contribution in [1.82, 2.24) is 29.5 Å². The first-order valence-electron chi connectivity index (χ1n) is 12.1. The lowest BCUT2D eigenvalue weighted by Gasteiger charge is -2.19. The highest BCUT2D eigenvalue weighted by Gasteiger charge is 2.21. The molecule has 1 N–H and O–H groups in total. The van der Waals surface area contributed by atoms with Crippen LogP contribution in [-0.4, -0.2) is 48.6 Å². The number of amides is 1. The van der Waals surface area contributed by atoms with Crippen LogP contribution in [0.5, 0.6) is 11.5 Å². The lowest BCUT2D eigenvalue weighted by Crippen LogP contribution is -2.15. The van der Waals surface area contributed by atoms with Crippen LogP contribution in [0.25, 0.3) is 22.3 Å². The molecule has 5 aromatic rings. The lowest BCUT2D eigenvalue weighted by atomic mass is 10.1. The lowest BCUT2D eigenvalue weighted by molar-refractivity contribution is 0.102. The van der Waals surface area contributed by atoms with Gasteiger partial charge in [-0.3, -0.25) is 10.1 Å². The molecule has 0 saturated carbocycles. The molecule has 0 radical (unpaired) electrons. The summed E-state index contributed by atoms with van der Waals surface area (Å²) in [6, 6.07) is 17.4. The Kier molecular flexibility index (Phi) is 5.76. The van der Waals surface area contributed by atoms with Crippen LogP contribution in [0.3, 0.4) is 0 Å². The molecule has 3 aromatic heterocycles. The van der Waals surface area contributed by atoms with Crippen LogP contribution < -0.4 is 14.8 Å². The standard InChI is InChI=1S/C27H25N7O3/c1-17(2)34-25-21(14-29-34)20(13-22(30-25)19-8-9-23-24(12-19)37-11-10-36-23)26(35)31-27-28-16-33(32-27)15-18-6-4-3-5-7-18/h3-9,12-14,16-17H,10-11,15H2,1-2H3,(H,31,32,35). The quantitative estimate of drug-likeness (QED) is 0.373. The number of hydrogen-bond donors (Lipinski definition) is 1. The van der Waals surface area contributed by atoms with Crippen molar-refractivity contribution in [2.75, 3.05) is 18.5 Å². The Morgan fingerprint density at radius 1 is 1.05 bits per heavy atom. The average Bonchev–Trinajstić information content (AvgIpc) is 3.55. The van der Waals surface area contributed by atoms with E-state index in [9.17, 15) is 4.79 Å². The third-order valence-corrected chi connectivity index (χ3v) is 6.09. The number of rotatable bonds is 6. The van der Waals surface area contributed by atoms with Gasteiger partial charge >= 0.3 is 0 Å². The minimum absolute atomic E-state index is 0.0618. The van der Waals surface area contributed by atoms with Crippen molar-refractivity contribution >= 4 is 22.9 Å². The summed E-state index contributed by atoms with van der Waals surface area (Å²) in [6.45, 7) is 5.60. The molecule has 0 fully saturated rings. The van der Waals surface area contributed by atoms with Crippen LogP contribution in [0.4, 0.5) is 5.95 Å². The van der Waals surface area contributed by atoms with Crippen molar-refractivity contribution in [3.05, 3.63) is 78.2 Å². The van der Waals surface area contributed by atoms with Gasteiger partial charge in [0.2, 0.25) is 5.95 Å². The Balaban J connectivity index is 1.35. The second-order valence-electron chi connectivity index (χ2n) is 9.04. The van der Waals surface area contributed by atoms with E-state index in [1.165, 1.54) is 0 Å². The summed E-state index contributed by atoms with van der Waals surface area (Å²) < 4.78 is 14.9. The smallest absolute Gasteiger partial charge is 0.258 e. The van der Waals surface area contributed by atoms with Gasteiger partial charge in [0.15, 0.2) is 17.1 Å². The molecule has 4 heterocycles. The Bertz CT molecular complexity index is 1590. The zero-order valence-electron chi connectivity index (χ0n) is 20.5. The predicted molar refractivity (Wildman–Crippen MR) is 138 cm³/mol. The zero-order valence-corrected chi connectivity index (χ0v) is 20.5. The molecule has 186 valence electrons. The average molecular weight is 496 g/mol. The summed E-state index contributed by atoms with van der Waals surface area (Å²) in [4.78, 5) is 22.6. The summed E-state index contributed by atoms with van der Waals surface area (Å²) in [5.41, 5.74) is 3.57. The highest BCUT2D eigenvalue weighted by atomic mass is 16.6. The van der Waals surface area contributed by atoms with Crippen LogP contribution in [0.1, 0.15) is 35.8 Å². The number of benzene rings is 2. The number of anilines is 1. The van der Waals surface area contributed by atoms with Crippen molar-refractivity contribution < 1.29 is 14.3 Å². The highest BCUT2D eigenvalue weighted by Crippen LogP contribution is 2.35. The third-order valence-electron chi connectivity index (χ3n) is 6.09. The topological polar surface area (TPSA) is 109 Å². The Morgan fingerprint density at radius 2 is 1.86 bits per heavy atom. The fourth-order valence-electron chi connectivity index (χ4n) is 4.30. The predicted octanol–water partition coefficient (Wildman–Crippen LogP) is 4.34. The molecule has 0 aliphatic carbocycles. The number of ether oxygens (including phenoxy) is 2. The SMILES string of the molecule is CC(C)n1ncc2c(C(=O)Nc3ncn(Cc4ccccc4)n3)cc(-c3ccc4c(c3)OCCO4)nc21. The summed E-state index contributed by atoms with van der Waals surface area (Å²) in [7, 11) is 0. The van der Waals surface area contributed by atoms with Gasteiger partial charge in [0.1, 0.15) is 19.5 Å². The van der Waals surface area contributed by atoms with Crippen molar-refractivity contribution in [3.63, 3.8) is 0 Å². The molecular weight excluding hydrogens is 470 g/mol. The molecule has 1 aliphatic heterocycles. The van der Waals surface area contributed by atoms with E-state index in [2.05, 4.69) is 20.5 Å². The number of aromatic nitrogens is 6. The maximum atomic E-state index is 13.5. The number of nitrogens with one attached hydrogen (secondary N) is 1. The van der Waals surface area contributed by atoms with Crippen LogP contribution in [0.2, 0.25) is 0 Å². The molecule has 0 saturated heterocycles. The van der Waals surface area contributed by atoms with E-state index in [0.717, 1.165) is 11.1 Å². The minimum atomic E-state index is -0.341. The van der Waals surface area contributed by atoms with Gasteiger partial charge in [0.25, 0.3) is 5.91 Å². The molecule has 1 aliphatic rings. The number of nitrogens with zero attached hydrogens (tertiary/aromatic N) is 6. The van der Waals surface area contributed by atoms with E-state index < -0.39 is 0 Å². The molecular formula is C27H25N7O3. The molecule has 6 rings (SSSR count). The molecule has 0 spiro atoms. The maximum Gasteiger partial charge on any atom is 0.258 e. The van der Waals surface area contributed by atoms with Gasteiger partial charge in [-0.2, -0.15) is 5.10 Å². The number of hydrogen-bond acceptors (Lipinski definition) is 7. The second-order valence-corrected chi connectivity index (χ2v) is 9.04. The molecule has 10 heteroatoms. The Morgan fingerprint density at radius 3 is 2.68 bits per heavy atom.